The van der Waals surface area contributed by atoms with Gasteiger partial charge >= 0.3 is 0 Å². The Hall–Kier alpha value is -1.85. The highest BCUT2D eigenvalue weighted by Crippen LogP contribution is 2.30. The van der Waals surface area contributed by atoms with Gasteiger partial charge in [-0.05, 0) is 37.6 Å². The van der Waals surface area contributed by atoms with Crippen molar-refractivity contribution < 1.29 is 4.74 Å². The van der Waals surface area contributed by atoms with Crippen molar-refractivity contribution in [3.63, 3.8) is 0 Å². The number of ether oxygens (including phenoxy) is 1. The zero-order valence-electron chi connectivity index (χ0n) is 11.8. The van der Waals surface area contributed by atoms with Crippen LogP contribution in [0.15, 0.2) is 23.6 Å². The molecule has 4 nitrogen and oxygen atoms in total. The van der Waals surface area contributed by atoms with E-state index in [1.807, 2.05) is 19.1 Å². The molecule has 2 aromatic heterocycles. The van der Waals surface area contributed by atoms with Gasteiger partial charge in [0.05, 0.1) is 18.5 Å². The Morgan fingerprint density at radius 1 is 1.35 bits per heavy atom. The van der Waals surface area contributed by atoms with Gasteiger partial charge in [0.1, 0.15) is 5.75 Å². The summed E-state index contributed by atoms with van der Waals surface area (Å²) < 4.78 is 7.45. The number of imidazole rings is 1. The summed E-state index contributed by atoms with van der Waals surface area (Å²) in [5, 5.41) is 2.10. The highest BCUT2D eigenvalue weighted by atomic mass is 32.1. The van der Waals surface area contributed by atoms with E-state index in [1.165, 1.54) is 5.69 Å². The zero-order chi connectivity index (χ0) is 14.3. The third-order valence-corrected chi connectivity index (χ3v) is 4.43. The van der Waals surface area contributed by atoms with Crippen LogP contribution >= 0.6 is 11.3 Å². The third-order valence-electron chi connectivity index (χ3n) is 3.49. The minimum Gasteiger partial charge on any atom is -0.496 e. The molecule has 104 valence electrons. The van der Waals surface area contributed by atoms with Crippen LogP contribution in [0, 0.1) is 13.8 Å². The summed E-state index contributed by atoms with van der Waals surface area (Å²) in [6, 6.07) is 6.11. The number of aryl methyl sites for hydroxylation is 2. The van der Waals surface area contributed by atoms with Gasteiger partial charge in [0.15, 0.2) is 4.96 Å². The maximum atomic E-state index is 5.94. The van der Waals surface area contributed by atoms with E-state index in [2.05, 4.69) is 22.8 Å². The molecule has 0 unspecified atom stereocenters. The molecule has 0 saturated carbocycles. The normalized spacial score (nSPS) is 11.2. The highest BCUT2D eigenvalue weighted by Gasteiger charge is 2.16. The molecule has 1 aromatic carbocycles. The summed E-state index contributed by atoms with van der Waals surface area (Å²) in [5.41, 5.74) is 11.3. The lowest BCUT2D eigenvalue weighted by atomic mass is 10.1. The average molecular weight is 287 g/mol. The molecule has 20 heavy (non-hydrogen) atoms. The number of nitrogens with zero attached hydrogens (tertiary/aromatic N) is 2. The van der Waals surface area contributed by atoms with E-state index < -0.39 is 0 Å². The molecule has 0 aliphatic rings. The quantitative estimate of drug-likeness (QED) is 0.805. The lowest BCUT2D eigenvalue weighted by molar-refractivity contribution is 0.412. The molecular weight excluding hydrogens is 270 g/mol. The van der Waals surface area contributed by atoms with Crippen molar-refractivity contribution in [3.05, 3.63) is 40.5 Å². The van der Waals surface area contributed by atoms with Crippen molar-refractivity contribution in [2.24, 2.45) is 5.73 Å². The average Bonchev–Trinajstić information content (AvgIpc) is 2.98. The van der Waals surface area contributed by atoms with Crippen molar-refractivity contribution >= 4 is 16.3 Å². The van der Waals surface area contributed by atoms with Crippen LogP contribution in [0.5, 0.6) is 5.75 Å². The molecule has 2 heterocycles. The molecule has 2 N–H and O–H groups in total. The molecule has 5 heteroatoms. The Balaban J connectivity index is 2.21. The Bertz CT molecular complexity index is 773. The monoisotopic (exact) mass is 287 g/mol. The predicted octanol–water partition coefficient (Wildman–Crippen LogP) is 3.15. The Kier molecular flexibility index (Phi) is 3.23. The number of thiazole rings is 1. The second-order valence-electron chi connectivity index (χ2n) is 4.79. The van der Waals surface area contributed by atoms with Crippen molar-refractivity contribution in [2.75, 3.05) is 7.11 Å². The molecule has 0 saturated heterocycles. The number of rotatable bonds is 3. The zero-order valence-corrected chi connectivity index (χ0v) is 12.6. The van der Waals surface area contributed by atoms with Gasteiger partial charge in [-0.1, -0.05) is 0 Å². The molecule has 0 amide bonds. The number of methoxy groups -OCH3 is 1. The van der Waals surface area contributed by atoms with Crippen LogP contribution in [0.25, 0.3) is 16.2 Å². The lowest BCUT2D eigenvalue weighted by Gasteiger charge is -2.07. The smallest absolute Gasteiger partial charge is 0.194 e. The van der Waals surface area contributed by atoms with E-state index in [1.54, 1.807) is 18.4 Å². The van der Waals surface area contributed by atoms with Crippen molar-refractivity contribution in [3.8, 4) is 17.0 Å². The molecule has 3 aromatic rings. The molecular formula is C15H17N3OS. The maximum Gasteiger partial charge on any atom is 0.194 e. The molecule has 0 spiro atoms. The number of hydrogen-bond acceptors (Lipinski definition) is 4. The Labute approximate surface area is 121 Å². The van der Waals surface area contributed by atoms with Gasteiger partial charge in [-0.3, -0.25) is 4.40 Å². The van der Waals surface area contributed by atoms with E-state index >= 15 is 0 Å². The van der Waals surface area contributed by atoms with E-state index in [4.69, 9.17) is 15.5 Å². The number of nitrogens with two attached hydrogens (primary N) is 1. The van der Waals surface area contributed by atoms with Gasteiger partial charge in [-0.2, -0.15) is 0 Å². The third kappa shape index (κ3) is 1.90. The summed E-state index contributed by atoms with van der Waals surface area (Å²) in [5.74, 6) is 0.889. The van der Waals surface area contributed by atoms with E-state index in [0.29, 0.717) is 6.54 Å². The van der Waals surface area contributed by atoms with Gasteiger partial charge in [0, 0.05) is 23.2 Å². The SMILES string of the molecule is COc1ccc(-c2nc3scc(C)n3c2CN)cc1C. The standard InChI is InChI=1S/C15H17N3OS/c1-9-6-11(4-5-13(9)19-3)14-12(7-16)18-10(2)8-20-15(18)17-14/h4-6,8H,7,16H2,1-3H3. The van der Waals surface area contributed by atoms with E-state index in [9.17, 15) is 0 Å². The van der Waals surface area contributed by atoms with Crippen molar-refractivity contribution in [1.82, 2.24) is 9.38 Å². The first-order chi connectivity index (χ1) is 9.65. The summed E-state index contributed by atoms with van der Waals surface area (Å²) in [4.78, 5) is 5.72. The maximum absolute atomic E-state index is 5.94. The molecule has 0 aliphatic carbocycles. The van der Waals surface area contributed by atoms with Crippen LogP contribution in [0.3, 0.4) is 0 Å². The molecule has 0 radical (unpaired) electrons. The Morgan fingerprint density at radius 3 is 2.80 bits per heavy atom. The van der Waals surface area contributed by atoms with Crippen LogP contribution in [0.2, 0.25) is 0 Å². The summed E-state index contributed by atoms with van der Waals surface area (Å²) >= 11 is 1.64. The molecule has 3 rings (SSSR count). The van der Waals surface area contributed by atoms with Gasteiger partial charge in [0.2, 0.25) is 0 Å². The number of hydrogen-bond donors (Lipinski definition) is 1. The number of fused-ring (bicyclic) bond motifs is 1. The highest BCUT2D eigenvalue weighted by molar-refractivity contribution is 7.15. The van der Waals surface area contributed by atoms with Crippen LogP contribution < -0.4 is 10.5 Å². The van der Waals surface area contributed by atoms with E-state index in [-0.39, 0.29) is 0 Å². The molecule has 0 atom stereocenters. The van der Waals surface area contributed by atoms with Crippen LogP contribution in [0.1, 0.15) is 17.0 Å². The minimum atomic E-state index is 0.471. The van der Waals surface area contributed by atoms with Gasteiger partial charge < -0.3 is 10.5 Å². The fourth-order valence-corrected chi connectivity index (χ4v) is 3.39. The fraction of sp³-hybridized carbons (Fsp3) is 0.267. The first-order valence-electron chi connectivity index (χ1n) is 6.46. The van der Waals surface area contributed by atoms with E-state index in [0.717, 1.165) is 33.2 Å². The lowest BCUT2D eigenvalue weighted by Crippen LogP contribution is -2.03. The fourth-order valence-electron chi connectivity index (χ4n) is 2.51. The number of benzene rings is 1. The van der Waals surface area contributed by atoms with Gasteiger partial charge in [0.25, 0.3) is 0 Å². The summed E-state index contributed by atoms with van der Waals surface area (Å²) in [6.07, 6.45) is 0. The van der Waals surface area contributed by atoms with Crippen molar-refractivity contribution in [2.45, 2.75) is 20.4 Å². The molecule has 0 bridgehead atoms. The number of aromatic nitrogens is 2. The summed E-state index contributed by atoms with van der Waals surface area (Å²) in [6.45, 7) is 4.58. The van der Waals surface area contributed by atoms with Gasteiger partial charge in [-0.15, -0.1) is 11.3 Å². The largest absolute Gasteiger partial charge is 0.496 e. The summed E-state index contributed by atoms with van der Waals surface area (Å²) in [7, 11) is 1.68. The van der Waals surface area contributed by atoms with Gasteiger partial charge in [-0.25, -0.2) is 4.98 Å². The Morgan fingerprint density at radius 2 is 2.15 bits per heavy atom. The topological polar surface area (TPSA) is 52.5 Å². The van der Waals surface area contributed by atoms with Crippen LogP contribution in [0.4, 0.5) is 0 Å². The molecule has 0 aliphatic heterocycles. The van der Waals surface area contributed by atoms with Crippen LogP contribution in [-0.4, -0.2) is 16.5 Å². The van der Waals surface area contributed by atoms with Crippen LogP contribution in [-0.2, 0) is 6.54 Å². The first kappa shape index (κ1) is 13.1. The molecule has 0 fully saturated rings. The first-order valence-corrected chi connectivity index (χ1v) is 7.34. The minimum absolute atomic E-state index is 0.471. The second-order valence-corrected chi connectivity index (χ2v) is 5.63. The predicted molar refractivity (Wildman–Crippen MR) is 82.4 cm³/mol. The second kappa shape index (κ2) is 4.92. The van der Waals surface area contributed by atoms with Crippen molar-refractivity contribution in [1.29, 1.82) is 0 Å².